The van der Waals surface area contributed by atoms with Crippen LogP contribution in [0.15, 0.2) is 5.16 Å². The van der Waals surface area contributed by atoms with Crippen LogP contribution in [0.3, 0.4) is 0 Å². The molecule has 2 heterocycles. The average Bonchev–Trinajstić information content (AvgIpc) is 2.53. The van der Waals surface area contributed by atoms with Gasteiger partial charge in [-0.05, 0) is 5.75 Å². The van der Waals surface area contributed by atoms with Gasteiger partial charge in [-0.25, -0.2) is 4.98 Å². The largest absolute Gasteiger partial charge is 0.493 e. The summed E-state index contributed by atoms with van der Waals surface area (Å²) < 4.78 is 5.16. The fourth-order valence-electron chi connectivity index (χ4n) is 1.21. The monoisotopic (exact) mass is 198 g/mol. The molecule has 0 saturated carbocycles. The highest BCUT2D eigenvalue weighted by Gasteiger charge is 2.19. The third-order valence-corrected chi connectivity index (χ3v) is 2.54. The number of rotatable bonds is 2. The molecule has 1 aromatic heterocycles. The Morgan fingerprint density at radius 2 is 2.31 bits per heavy atom. The number of aromatic hydroxyl groups is 1. The van der Waals surface area contributed by atoms with Crippen molar-refractivity contribution in [3.63, 3.8) is 0 Å². The van der Waals surface area contributed by atoms with Gasteiger partial charge >= 0.3 is 0 Å². The first kappa shape index (κ1) is 8.77. The second-order valence-corrected chi connectivity index (χ2v) is 3.91. The minimum atomic E-state index is 0.0680. The van der Waals surface area contributed by atoms with Crippen molar-refractivity contribution in [3.8, 4) is 5.88 Å². The molecule has 0 radical (unpaired) electrons. The molecular formula is C8H10N2O2S. The van der Waals surface area contributed by atoms with Gasteiger partial charge in [-0.3, -0.25) is 0 Å². The molecule has 1 aromatic rings. The van der Waals surface area contributed by atoms with E-state index in [0.717, 1.165) is 17.0 Å². The fraction of sp³-hybridized carbons (Fsp3) is 0.500. The van der Waals surface area contributed by atoms with Gasteiger partial charge in [0.1, 0.15) is 0 Å². The van der Waals surface area contributed by atoms with Gasteiger partial charge in [0, 0.05) is 0 Å². The number of hydrogen-bond acceptors (Lipinski definition) is 5. The van der Waals surface area contributed by atoms with Crippen molar-refractivity contribution in [2.75, 3.05) is 5.75 Å². The third-order valence-electron chi connectivity index (χ3n) is 1.81. The molecule has 1 aliphatic heterocycles. The van der Waals surface area contributed by atoms with Gasteiger partial charge in [0.05, 0.1) is 24.5 Å². The summed E-state index contributed by atoms with van der Waals surface area (Å²) in [5, 5.41) is 10.1. The van der Waals surface area contributed by atoms with E-state index in [1.807, 2.05) is 6.92 Å². The van der Waals surface area contributed by atoms with Gasteiger partial charge in [-0.15, -0.1) is 0 Å². The normalized spacial score (nSPS) is 14.5. The fourth-order valence-corrected chi connectivity index (χ4v) is 1.79. The number of aromatic nitrogens is 2. The minimum absolute atomic E-state index is 0.0680. The predicted molar refractivity (Wildman–Crippen MR) is 48.6 cm³/mol. The van der Waals surface area contributed by atoms with E-state index in [1.165, 1.54) is 11.8 Å². The van der Waals surface area contributed by atoms with Crippen molar-refractivity contribution in [2.45, 2.75) is 25.3 Å². The van der Waals surface area contributed by atoms with Crippen molar-refractivity contribution in [1.82, 2.24) is 9.97 Å². The molecule has 70 valence electrons. The Kier molecular flexibility index (Phi) is 2.37. The van der Waals surface area contributed by atoms with E-state index in [2.05, 4.69) is 9.97 Å². The average molecular weight is 198 g/mol. The summed E-state index contributed by atoms with van der Waals surface area (Å²) in [6.45, 7) is 2.94. The SMILES string of the molecule is CCSc1nc(O)c2c(n1)COC2. The Morgan fingerprint density at radius 3 is 3.08 bits per heavy atom. The first-order valence-corrected chi connectivity index (χ1v) is 5.09. The van der Waals surface area contributed by atoms with Gasteiger partial charge in [0.2, 0.25) is 5.88 Å². The molecule has 0 saturated heterocycles. The molecule has 0 aliphatic carbocycles. The van der Waals surface area contributed by atoms with E-state index >= 15 is 0 Å². The second-order valence-electron chi connectivity index (χ2n) is 2.68. The van der Waals surface area contributed by atoms with Crippen LogP contribution in [0.2, 0.25) is 0 Å². The Bertz CT molecular complexity index is 330. The maximum atomic E-state index is 9.49. The van der Waals surface area contributed by atoms with Gasteiger partial charge in [0.15, 0.2) is 5.16 Å². The summed E-state index contributed by atoms with van der Waals surface area (Å²) in [4.78, 5) is 8.23. The van der Waals surface area contributed by atoms with Gasteiger partial charge in [-0.1, -0.05) is 18.7 Å². The molecule has 1 aliphatic rings. The summed E-state index contributed by atoms with van der Waals surface area (Å²) in [5.74, 6) is 0.970. The van der Waals surface area contributed by atoms with Crippen molar-refractivity contribution < 1.29 is 9.84 Å². The lowest BCUT2D eigenvalue weighted by molar-refractivity contribution is 0.132. The lowest BCUT2D eigenvalue weighted by atomic mass is 10.3. The molecule has 13 heavy (non-hydrogen) atoms. The van der Waals surface area contributed by atoms with Crippen LogP contribution < -0.4 is 0 Å². The molecule has 5 heteroatoms. The van der Waals surface area contributed by atoms with Crippen molar-refractivity contribution in [1.29, 1.82) is 0 Å². The molecule has 1 N–H and O–H groups in total. The summed E-state index contributed by atoms with van der Waals surface area (Å²) in [6.07, 6.45) is 0. The zero-order valence-electron chi connectivity index (χ0n) is 7.28. The van der Waals surface area contributed by atoms with Crippen LogP contribution in [-0.2, 0) is 18.0 Å². The maximum Gasteiger partial charge on any atom is 0.220 e. The molecule has 0 fully saturated rings. The lowest BCUT2D eigenvalue weighted by Crippen LogP contribution is -1.95. The number of nitrogens with zero attached hydrogens (tertiary/aromatic N) is 2. The van der Waals surface area contributed by atoms with E-state index in [0.29, 0.717) is 18.4 Å². The summed E-state index contributed by atoms with van der Waals surface area (Å²) in [6, 6.07) is 0. The Hall–Kier alpha value is -0.810. The topological polar surface area (TPSA) is 55.2 Å². The van der Waals surface area contributed by atoms with E-state index in [4.69, 9.17) is 4.74 Å². The number of hydrogen-bond donors (Lipinski definition) is 1. The van der Waals surface area contributed by atoms with E-state index in [1.54, 1.807) is 0 Å². The molecule has 4 nitrogen and oxygen atoms in total. The first-order chi connectivity index (χ1) is 6.31. The molecular weight excluding hydrogens is 188 g/mol. The van der Waals surface area contributed by atoms with Crippen LogP contribution in [0.4, 0.5) is 0 Å². The number of ether oxygens (including phenoxy) is 1. The molecule has 0 bridgehead atoms. The van der Waals surface area contributed by atoms with Crippen LogP contribution in [0, 0.1) is 0 Å². The summed E-state index contributed by atoms with van der Waals surface area (Å²) in [5.41, 5.74) is 1.56. The predicted octanol–water partition coefficient (Wildman–Crippen LogP) is 1.32. The Morgan fingerprint density at radius 1 is 1.46 bits per heavy atom. The van der Waals surface area contributed by atoms with Crippen LogP contribution >= 0.6 is 11.8 Å². The van der Waals surface area contributed by atoms with Crippen molar-refractivity contribution in [3.05, 3.63) is 11.3 Å². The standard InChI is InChI=1S/C8H10N2O2S/c1-2-13-8-9-6-4-12-3-5(6)7(11)10-8/h2-4H2,1H3,(H,9,10,11). The van der Waals surface area contributed by atoms with E-state index < -0.39 is 0 Å². The highest BCUT2D eigenvalue weighted by atomic mass is 32.2. The zero-order valence-corrected chi connectivity index (χ0v) is 8.10. The Labute approximate surface area is 80.4 Å². The molecule has 0 aromatic carbocycles. The molecule has 0 atom stereocenters. The lowest BCUT2D eigenvalue weighted by Gasteiger charge is -2.01. The number of fused-ring (bicyclic) bond motifs is 1. The zero-order chi connectivity index (χ0) is 9.26. The van der Waals surface area contributed by atoms with Crippen LogP contribution in [-0.4, -0.2) is 20.8 Å². The summed E-state index contributed by atoms with van der Waals surface area (Å²) in [7, 11) is 0. The van der Waals surface area contributed by atoms with Crippen molar-refractivity contribution >= 4 is 11.8 Å². The summed E-state index contributed by atoms with van der Waals surface area (Å²) >= 11 is 1.52. The first-order valence-electron chi connectivity index (χ1n) is 4.10. The Balaban J connectivity index is 2.37. The molecule has 0 unspecified atom stereocenters. The van der Waals surface area contributed by atoms with Gasteiger partial charge in [-0.2, -0.15) is 4.98 Å². The van der Waals surface area contributed by atoms with Gasteiger partial charge < -0.3 is 9.84 Å². The molecule has 2 rings (SSSR count). The van der Waals surface area contributed by atoms with E-state index in [9.17, 15) is 5.11 Å². The van der Waals surface area contributed by atoms with Crippen molar-refractivity contribution in [2.24, 2.45) is 0 Å². The quantitative estimate of drug-likeness (QED) is 0.574. The second kappa shape index (κ2) is 3.51. The van der Waals surface area contributed by atoms with Gasteiger partial charge in [0.25, 0.3) is 0 Å². The third kappa shape index (κ3) is 1.62. The minimum Gasteiger partial charge on any atom is -0.493 e. The molecule has 0 amide bonds. The maximum absolute atomic E-state index is 9.49. The number of thioether (sulfide) groups is 1. The van der Waals surface area contributed by atoms with Crippen LogP contribution in [0.25, 0.3) is 0 Å². The highest BCUT2D eigenvalue weighted by molar-refractivity contribution is 7.99. The smallest absolute Gasteiger partial charge is 0.220 e. The van der Waals surface area contributed by atoms with Crippen LogP contribution in [0.1, 0.15) is 18.2 Å². The molecule has 0 spiro atoms. The van der Waals surface area contributed by atoms with E-state index in [-0.39, 0.29) is 5.88 Å². The van der Waals surface area contributed by atoms with Crippen LogP contribution in [0.5, 0.6) is 5.88 Å². The highest BCUT2D eigenvalue weighted by Crippen LogP contribution is 2.27.